The molecular formula is C52H80O20. The number of aryl methyl sites for hydroxylation is 1. The fourth-order valence-corrected chi connectivity index (χ4v) is 14.1. The van der Waals surface area contributed by atoms with Crippen molar-refractivity contribution in [1.29, 1.82) is 0 Å². The van der Waals surface area contributed by atoms with E-state index in [1.807, 2.05) is 0 Å². The Hall–Kier alpha value is -1.84. The molecule has 0 bridgehead atoms. The Bertz CT molecular complexity index is 2040. The van der Waals surface area contributed by atoms with Crippen molar-refractivity contribution in [3.05, 3.63) is 46.0 Å². The molecule has 1 aromatic rings. The predicted molar refractivity (Wildman–Crippen MR) is 250 cm³/mol. The van der Waals surface area contributed by atoms with Crippen LogP contribution in [0.5, 0.6) is 0 Å². The Morgan fingerprint density at radius 3 is 1.93 bits per heavy atom. The van der Waals surface area contributed by atoms with E-state index < -0.39 is 143 Å². The summed E-state index contributed by atoms with van der Waals surface area (Å²) in [5.74, 6) is 1.47. The topological polar surface area (TPSA) is 317 Å². The highest BCUT2D eigenvalue weighted by Gasteiger charge is 2.59. The summed E-state index contributed by atoms with van der Waals surface area (Å²) in [6.45, 7) is 9.15. The second-order valence-electron chi connectivity index (χ2n) is 22.8. The van der Waals surface area contributed by atoms with Gasteiger partial charge in [-0.1, -0.05) is 44.6 Å². The number of ether oxygens (including phenoxy) is 8. The number of hydrogen-bond acceptors (Lipinski definition) is 20. The fraction of sp³-hybridized carbons (Fsp3) is 0.846. The summed E-state index contributed by atoms with van der Waals surface area (Å²) in [7, 11) is 0. The number of fused-ring (bicyclic) bond motifs is 7. The van der Waals surface area contributed by atoms with Gasteiger partial charge in [-0.2, -0.15) is 0 Å². The first-order valence-electron chi connectivity index (χ1n) is 26.2. The monoisotopic (exact) mass is 1020 g/mol. The number of aliphatic hydroxyl groups is 12. The van der Waals surface area contributed by atoms with Gasteiger partial charge in [-0.3, -0.25) is 0 Å². The molecule has 0 unspecified atom stereocenters. The SMILES string of the molecule is Cc1c(CC[C@@H](C)CO[C@@H]2O[C@H](CO)[C@@H](O)[C@H](O)[C@H]2O)ccc2c1[C@@]1(C)CC[C@H]3[C@@H](CC=C4C[C@@H](O[C@@H]5O[C@H](CO)[C@@H](O[C@@H]6O[C@@H](CO)[C@H](O)[C@H]6O)[C@H](O)[C@H]5O[C@@H]5O[C@@H](C)[C@H](O)[C@@H](O)[C@H]5O)CC[C@@]43C)[C@@H]1C2. The second kappa shape index (κ2) is 21.9. The van der Waals surface area contributed by atoms with Gasteiger partial charge in [0.05, 0.1) is 38.6 Å². The molecule has 6 fully saturated rings. The fourth-order valence-electron chi connectivity index (χ4n) is 14.1. The quantitative estimate of drug-likeness (QED) is 0.0924. The molecule has 2 saturated carbocycles. The molecule has 0 amide bonds. The molecule has 9 rings (SSSR count). The lowest BCUT2D eigenvalue weighted by atomic mass is 9.47. The highest BCUT2D eigenvalue weighted by Crippen LogP contribution is 2.65. The highest BCUT2D eigenvalue weighted by atomic mass is 16.8. The molecule has 4 aliphatic carbocycles. The van der Waals surface area contributed by atoms with Crippen molar-refractivity contribution < 1.29 is 99.2 Å². The van der Waals surface area contributed by atoms with Gasteiger partial charge in [0.15, 0.2) is 25.2 Å². The molecule has 8 aliphatic rings. The van der Waals surface area contributed by atoms with Crippen LogP contribution in [0.3, 0.4) is 0 Å². The summed E-state index contributed by atoms with van der Waals surface area (Å²) in [5.41, 5.74) is 6.78. The van der Waals surface area contributed by atoms with Crippen molar-refractivity contribution in [2.24, 2.45) is 29.1 Å². The maximum atomic E-state index is 12.0. The molecule has 72 heavy (non-hydrogen) atoms. The van der Waals surface area contributed by atoms with Crippen molar-refractivity contribution in [2.45, 2.75) is 221 Å². The van der Waals surface area contributed by atoms with Gasteiger partial charge >= 0.3 is 0 Å². The normalized spacial score (nSPS) is 48.6. The molecule has 20 nitrogen and oxygen atoms in total. The smallest absolute Gasteiger partial charge is 0.187 e. The molecular weight excluding hydrogens is 945 g/mol. The van der Waals surface area contributed by atoms with Crippen molar-refractivity contribution in [1.82, 2.24) is 0 Å². The average Bonchev–Trinajstić information content (AvgIpc) is 3.83. The number of hydrogen-bond donors (Lipinski definition) is 12. The molecule has 0 spiro atoms. The lowest BCUT2D eigenvalue weighted by Gasteiger charge is -2.58. The first-order chi connectivity index (χ1) is 34.2. The first-order valence-corrected chi connectivity index (χ1v) is 26.2. The minimum absolute atomic E-state index is 0.0132. The van der Waals surface area contributed by atoms with E-state index in [-0.39, 0.29) is 23.4 Å². The molecule has 408 valence electrons. The van der Waals surface area contributed by atoms with Gasteiger partial charge in [0.2, 0.25) is 0 Å². The Morgan fingerprint density at radius 1 is 0.625 bits per heavy atom. The number of allylic oxidation sites excluding steroid dienone is 1. The van der Waals surface area contributed by atoms with E-state index in [4.69, 9.17) is 37.9 Å². The lowest BCUT2D eigenvalue weighted by Crippen LogP contribution is -2.65. The molecule has 26 atom stereocenters. The van der Waals surface area contributed by atoms with Crippen molar-refractivity contribution >= 4 is 0 Å². The average molecular weight is 1030 g/mol. The van der Waals surface area contributed by atoms with Crippen LogP contribution >= 0.6 is 0 Å². The van der Waals surface area contributed by atoms with Gasteiger partial charge < -0.3 is 99.2 Å². The Balaban J connectivity index is 0.864. The maximum absolute atomic E-state index is 12.0. The van der Waals surface area contributed by atoms with Crippen LogP contribution in [-0.2, 0) is 56.2 Å². The van der Waals surface area contributed by atoms with E-state index in [9.17, 15) is 61.3 Å². The van der Waals surface area contributed by atoms with Crippen molar-refractivity contribution in [3.63, 3.8) is 0 Å². The third-order valence-electron chi connectivity index (χ3n) is 18.4. The molecule has 4 saturated heterocycles. The van der Waals surface area contributed by atoms with E-state index in [1.165, 1.54) is 34.8 Å². The zero-order chi connectivity index (χ0) is 51.7. The lowest BCUT2D eigenvalue weighted by molar-refractivity contribution is -0.380. The van der Waals surface area contributed by atoms with Crippen LogP contribution < -0.4 is 0 Å². The summed E-state index contributed by atoms with van der Waals surface area (Å²) in [5, 5.41) is 126. The second-order valence-corrected chi connectivity index (χ2v) is 22.8. The molecule has 4 aliphatic heterocycles. The summed E-state index contributed by atoms with van der Waals surface area (Å²) in [4.78, 5) is 0. The summed E-state index contributed by atoms with van der Waals surface area (Å²) >= 11 is 0. The van der Waals surface area contributed by atoms with Crippen LogP contribution in [0.2, 0.25) is 0 Å². The van der Waals surface area contributed by atoms with E-state index in [0.717, 1.165) is 44.9 Å². The van der Waals surface area contributed by atoms with E-state index >= 15 is 0 Å². The van der Waals surface area contributed by atoms with E-state index in [2.05, 4.69) is 45.9 Å². The van der Waals surface area contributed by atoms with Gasteiger partial charge in [0, 0.05) is 0 Å². The van der Waals surface area contributed by atoms with Crippen molar-refractivity contribution in [2.75, 3.05) is 26.4 Å². The Morgan fingerprint density at radius 2 is 1.22 bits per heavy atom. The number of benzene rings is 1. The van der Waals surface area contributed by atoms with Crippen molar-refractivity contribution in [3.8, 4) is 0 Å². The van der Waals surface area contributed by atoms with E-state index in [1.54, 1.807) is 0 Å². The minimum atomic E-state index is -1.73. The van der Waals surface area contributed by atoms with Gasteiger partial charge in [0.1, 0.15) is 85.5 Å². The summed E-state index contributed by atoms with van der Waals surface area (Å²) in [6, 6.07) is 4.59. The highest BCUT2D eigenvalue weighted by molar-refractivity contribution is 5.50. The molecule has 1 aromatic carbocycles. The summed E-state index contributed by atoms with van der Waals surface area (Å²) < 4.78 is 47.8. The zero-order valence-electron chi connectivity index (χ0n) is 41.9. The van der Waals surface area contributed by atoms with Crippen LogP contribution in [0, 0.1) is 36.0 Å². The Kier molecular flexibility index (Phi) is 16.7. The maximum Gasteiger partial charge on any atom is 0.187 e. The third kappa shape index (κ3) is 9.91. The molecule has 4 heterocycles. The van der Waals surface area contributed by atoms with Gasteiger partial charge in [-0.05, 0) is 128 Å². The van der Waals surface area contributed by atoms with Gasteiger partial charge in [0.25, 0.3) is 0 Å². The molecule has 20 heteroatoms. The van der Waals surface area contributed by atoms with Crippen LogP contribution in [0.15, 0.2) is 23.8 Å². The van der Waals surface area contributed by atoms with Crippen LogP contribution in [0.25, 0.3) is 0 Å². The zero-order valence-corrected chi connectivity index (χ0v) is 41.9. The first kappa shape index (κ1) is 54.9. The van der Waals surface area contributed by atoms with Crippen LogP contribution in [-0.4, -0.2) is 211 Å². The van der Waals surface area contributed by atoms with Crippen LogP contribution in [0.4, 0.5) is 0 Å². The Labute approximate surface area is 420 Å². The third-order valence-corrected chi connectivity index (χ3v) is 18.4. The van der Waals surface area contributed by atoms with Gasteiger partial charge in [-0.15, -0.1) is 0 Å². The molecule has 0 radical (unpaired) electrons. The summed E-state index contributed by atoms with van der Waals surface area (Å²) in [6.07, 6.45) is -17.1. The number of aliphatic hydroxyl groups excluding tert-OH is 12. The molecule has 0 aromatic heterocycles. The van der Waals surface area contributed by atoms with Gasteiger partial charge in [-0.25, -0.2) is 0 Å². The molecule has 12 N–H and O–H groups in total. The van der Waals surface area contributed by atoms with Crippen LogP contribution in [0.1, 0.15) is 94.9 Å². The van der Waals surface area contributed by atoms with E-state index in [0.29, 0.717) is 30.6 Å². The number of rotatable bonds is 15. The standard InChI is InChI=1S/C52H80O20/c1-22(21-65-47-42(62)40(60)37(57)32(18-53)68-47)6-7-25-8-9-26-16-31-29-11-10-27-17-28(12-14-51(27,4)30(29)13-15-52(31,5)35(26)23(25)2)67-50-46(72-48-43(63)39(59)36(56)24(3)66-48)44(64)45(34(20-55)70-50)71-49-41(61)38(58)33(19-54)69-49/h8-10,22,24,28-34,36-50,53-64H,6-7,11-21H2,1-5H3/t22-,24+,28+,29-,30+,31+,32-,33+,34-,36+,37-,38+,39-,40+,41-,42-,43-,44+,45-,46-,47-,48+,49+,50-,51+,52+/m1/s1. The minimum Gasteiger partial charge on any atom is -0.394 e. The largest absolute Gasteiger partial charge is 0.394 e. The predicted octanol–water partition coefficient (Wildman–Crippen LogP) is -1.14.